The second-order valence-electron chi connectivity index (χ2n) is 4.97. The van der Waals surface area contributed by atoms with Gasteiger partial charge in [-0.05, 0) is 31.4 Å². The maximum absolute atomic E-state index is 14.0. The van der Waals surface area contributed by atoms with Crippen LogP contribution in [0.3, 0.4) is 0 Å². The number of hydrogen-bond donors (Lipinski definition) is 1. The van der Waals surface area contributed by atoms with E-state index in [4.69, 9.17) is 5.73 Å². The van der Waals surface area contributed by atoms with Gasteiger partial charge in [-0.3, -0.25) is 0 Å². The minimum absolute atomic E-state index is 0.0176. The summed E-state index contributed by atoms with van der Waals surface area (Å²) >= 11 is 0. The molecule has 1 aromatic carbocycles. The number of hydrogen-bond acceptors (Lipinski definition) is 2. The number of anilines is 1. The summed E-state index contributed by atoms with van der Waals surface area (Å²) in [4.78, 5) is 1.05. The SMILES string of the molecule is CCCN(CC(F)(F)F)c1c(F)cccc1CC(C)N. The maximum Gasteiger partial charge on any atom is 0.405 e. The van der Waals surface area contributed by atoms with Gasteiger partial charge in [-0.1, -0.05) is 19.1 Å². The molecule has 2 N–H and O–H groups in total. The molecule has 1 aromatic rings. The van der Waals surface area contributed by atoms with E-state index in [-0.39, 0.29) is 18.3 Å². The molecule has 0 spiro atoms. The average molecular weight is 292 g/mol. The average Bonchev–Trinajstić information content (AvgIpc) is 2.26. The molecule has 0 aliphatic carbocycles. The molecule has 0 bridgehead atoms. The summed E-state index contributed by atoms with van der Waals surface area (Å²) < 4.78 is 52.0. The molecule has 0 saturated carbocycles. The molecule has 2 nitrogen and oxygen atoms in total. The maximum atomic E-state index is 14.0. The van der Waals surface area contributed by atoms with E-state index in [1.807, 2.05) is 0 Å². The van der Waals surface area contributed by atoms with E-state index in [0.717, 1.165) is 4.90 Å². The zero-order chi connectivity index (χ0) is 15.3. The summed E-state index contributed by atoms with van der Waals surface area (Å²) in [5.74, 6) is -0.638. The van der Waals surface area contributed by atoms with Crippen LogP contribution in [0.1, 0.15) is 25.8 Å². The quantitative estimate of drug-likeness (QED) is 0.813. The van der Waals surface area contributed by atoms with Gasteiger partial charge in [-0.15, -0.1) is 0 Å². The largest absolute Gasteiger partial charge is 0.405 e. The molecular formula is C14H20F4N2. The standard InChI is InChI=1S/C14H20F4N2/c1-3-7-20(9-14(16,17)18)13-11(8-10(2)19)5-4-6-12(13)15/h4-6,10H,3,7-9,19H2,1-2H3. The van der Waals surface area contributed by atoms with E-state index < -0.39 is 18.5 Å². The highest BCUT2D eigenvalue weighted by Gasteiger charge is 2.32. The Morgan fingerprint density at radius 1 is 1.30 bits per heavy atom. The summed E-state index contributed by atoms with van der Waals surface area (Å²) in [6.07, 6.45) is -3.53. The number of nitrogens with two attached hydrogens (primary N) is 1. The Balaban J connectivity index is 3.16. The van der Waals surface area contributed by atoms with Crippen molar-refractivity contribution in [2.75, 3.05) is 18.0 Å². The van der Waals surface area contributed by atoms with Gasteiger partial charge in [0.1, 0.15) is 12.4 Å². The van der Waals surface area contributed by atoms with Crippen LogP contribution in [-0.2, 0) is 6.42 Å². The molecule has 0 amide bonds. The fourth-order valence-electron chi connectivity index (χ4n) is 2.18. The number of benzene rings is 1. The van der Waals surface area contributed by atoms with Crippen LogP contribution in [0.15, 0.2) is 18.2 Å². The highest BCUT2D eigenvalue weighted by atomic mass is 19.4. The topological polar surface area (TPSA) is 29.3 Å². The lowest BCUT2D eigenvalue weighted by Crippen LogP contribution is -2.36. The van der Waals surface area contributed by atoms with Gasteiger partial charge >= 0.3 is 6.18 Å². The molecule has 0 radical (unpaired) electrons. The van der Waals surface area contributed by atoms with Crippen molar-refractivity contribution in [3.63, 3.8) is 0 Å². The molecule has 1 rings (SSSR count). The molecule has 1 unspecified atom stereocenters. The van der Waals surface area contributed by atoms with Gasteiger partial charge in [0.25, 0.3) is 0 Å². The van der Waals surface area contributed by atoms with Gasteiger partial charge in [0.2, 0.25) is 0 Å². The smallest absolute Gasteiger partial charge is 0.360 e. The Morgan fingerprint density at radius 3 is 2.45 bits per heavy atom. The summed E-state index contributed by atoms with van der Waals surface area (Å²) in [5.41, 5.74) is 6.21. The van der Waals surface area contributed by atoms with Crippen LogP contribution in [0.2, 0.25) is 0 Å². The van der Waals surface area contributed by atoms with Crippen molar-refractivity contribution in [2.24, 2.45) is 5.73 Å². The normalized spacial score (nSPS) is 13.3. The Morgan fingerprint density at radius 2 is 1.95 bits per heavy atom. The summed E-state index contributed by atoms with van der Waals surface area (Å²) in [5, 5.41) is 0. The van der Waals surface area contributed by atoms with Crippen LogP contribution in [0.25, 0.3) is 0 Å². The number of halogens is 4. The van der Waals surface area contributed by atoms with E-state index in [1.165, 1.54) is 12.1 Å². The lowest BCUT2D eigenvalue weighted by Gasteiger charge is -2.28. The molecular weight excluding hydrogens is 272 g/mol. The highest BCUT2D eigenvalue weighted by molar-refractivity contribution is 5.55. The second kappa shape index (κ2) is 6.92. The third kappa shape index (κ3) is 5.00. The first-order chi connectivity index (χ1) is 9.24. The van der Waals surface area contributed by atoms with Crippen LogP contribution in [0.5, 0.6) is 0 Å². The van der Waals surface area contributed by atoms with Gasteiger partial charge < -0.3 is 10.6 Å². The van der Waals surface area contributed by atoms with E-state index in [2.05, 4.69) is 0 Å². The Bertz CT molecular complexity index is 430. The van der Waals surface area contributed by atoms with Crippen molar-refractivity contribution in [1.29, 1.82) is 0 Å². The summed E-state index contributed by atoms with van der Waals surface area (Å²) in [7, 11) is 0. The lowest BCUT2D eigenvalue weighted by atomic mass is 10.0. The first-order valence-electron chi connectivity index (χ1n) is 6.59. The first-order valence-corrected chi connectivity index (χ1v) is 6.59. The van der Waals surface area contributed by atoms with Crippen molar-refractivity contribution < 1.29 is 17.6 Å². The molecule has 0 aliphatic heterocycles. The van der Waals surface area contributed by atoms with Crippen LogP contribution >= 0.6 is 0 Å². The summed E-state index contributed by atoms with van der Waals surface area (Å²) in [6, 6.07) is 4.05. The minimum atomic E-state index is -4.37. The van der Waals surface area contributed by atoms with Crippen LogP contribution in [0.4, 0.5) is 23.2 Å². The van der Waals surface area contributed by atoms with Crippen molar-refractivity contribution in [2.45, 2.75) is 38.9 Å². The predicted octanol–water partition coefficient (Wildman–Crippen LogP) is 3.49. The highest BCUT2D eigenvalue weighted by Crippen LogP contribution is 2.29. The van der Waals surface area contributed by atoms with Crippen LogP contribution in [-0.4, -0.2) is 25.3 Å². The molecule has 114 valence electrons. The van der Waals surface area contributed by atoms with Crippen molar-refractivity contribution in [1.82, 2.24) is 0 Å². The van der Waals surface area contributed by atoms with Gasteiger partial charge in [0.15, 0.2) is 0 Å². The monoisotopic (exact) mass is 292 g/mol. The number of rotatable bonds is 6. The van der Waals surface area contributed by atoms with Gasteiger partial charge in [0, 0.05) is 12.6 Å². The molecule has 6 heteroatoms. The lowest BCUT2D eigenvalue weighted by molar-refractivity contribution is -0.119. The fraction of sp³-hybridized carbons (Fsp3) is 0.571. The zero-order valence-electron chi connectivity index (χ0n) is 11.7. The molecule has 0 aliphatic rings. The van der Waals surface area contributed by atoms with Gasteiger partial charge in [0.05, 0.1) is 5.69 Å². The third-order valence-corrected chi connectivity index (χ3v) is 2.79. The molecule has 1 atom stereocenters. The van der Waals surface area contributed by atoms with Gasteiger partial charge in [-0.25, -0.2) is 4.39 Å². The zero-order valence-corrected chi connectivity index (χ0v) is 11.7. The van der Waals surface area contributed by atoms with E-state index in [9.17, 15) is 17.6 Å². The second-order valence-corrected chi connectivity index (χ2v) is 4.97. The number of para-hydroxylation sites is 1. The van der Waals surface area contributed by atoms with E-state index in [0.29, 0.717) is 18.4 Å². The number of nitrogens with zero attached hydrogens (tertiary/aromatic N) is 1. The van der Waals surface area contributed by atoms with Crippen LogP contribution in [0, 0.1) is 5.82 Å². The molecule has 0 saturated heterocycles. The van der Waals surface area contributed by atoms with Crippen molar-refractivity contribution in [3.8, 4) is 0 Å². The molecule has 20 heavy (non-hydrogen) atoms. The molecule has 0 fully saturated rings. The Labute approximate surface area is 116 Å². The third-order valence-electron chi connectivity index (χ3n) is 2.79. The molecule has 0 heterocycles. The first kappa shape index (κ1) is 16.8. The van der Waals surface area contributed by atoms with Crippen LogP contribution < -0.4 is 10.6 Å². The predicted molar refractivity (Wildman–Crippen MR) is 72.3 cm³/mol. The van der Waals surface area contributed by atoms with E-state index >= 15 is 0 Å². The Kier molecular flexibility index (Phi) is 5.80. The minimum Gasteiger partial charge on any atom is -0.360 e. The summed E-state index contributed by atoms with van der Waals surface area (Å²) in [6.45, 7) is 2.48. The van der Waals surface area contributed by atoms with Crippen molar-refractivity contribution >= 4 is 5.69 Å². The van der Waals surface area contributed by atoms with E-state index in [1.54, 1.807) is 19.9 Å². The number of alkyl halides is 3. The fourth-order valence-corrected chi connectivity index (χ4v) is 2.18. The molecule has 0 aromatic heterocycles. The Hall–Kier alpha value is -1.30. The van der Waals surface area contributed by atoms with Crippen molar-refractivity contribution in [3.05, 3.63) is 29.6 Å². The van der Waals surface area contributed by atoms with Gasteiger partial charge in [-0.2, -0.15) is 13.2 Å².